The molecule has 4 rings (SSSR count). The lowest BCUT2D eigenvalue weighted by Gasteiger charge is -2.09. The first-order valence-corrected chi connectivity index (χ1v) is 10.0. The number of aromatic nitrogens is 3. The van der Waals surface area contributed by atoms with Crippen molar-refractivity contribution in [2.24, 2.45) is 0 Å². The maximum Gasteiger partial charge on any atom is 0.222 e. The number of amides is 1. The molecule has 0 spiro atoms. The molecular formula is C21H21N5OS. The summed E-state index contributed by atoms with van der Waals surface area (Å²) in [5.74, 6) is 0.889. The van der Waals surface area contributed by atoms with E-state index in [1.807, 2.05) is 28.1 Å². The molecule has 3 heterocycles. The van der Waals surface area contributed by atoms with Gasteiger partial charge in [-0.05, 0) is 18.4 Å². The number of anilines is 1. The summed E-state index contributed by atoms with van der Waals surface area (Å²) in [7, 11) is 0. The maximum absolute atomic E-state index is 12.1. The van der Waals surface area contributed by atoms with Gasteiger partial charge in [-0.25, -0.2) is 4.98 Å². The molecule has 0 aliphatic heterocycles. The first kappa shape index (κ1) is 18.2. The maximum atomic E-state index is 12.1. The van der Waals surface area contributed by atoms with Crippen LogP contribution in [0.2, 0.25) is 0 Å². The van der Waals surface area contributed by atoms with Gasteiger partial charge in [-0.15, -0.1) is 11.3 Å². The van der Waals surface area contributed by atoms with Gasteiger partial charge in [-0.2, -0.15) is 0 Å². The van der Waals surface area contributed by atoms with Crippen molar-refractivity contribution in [3.8, 4) is 11.3 Å². The number of carbonyl (C=O) groups excluding carboxylic acids is 1. The summed E-state index contributed by atoms with van der Waals surface area (Å²) >= 11 is 1.64. The van der Waals surface area contributed by atoms with Gasteiger partial charge in [0.2, 0.25) is 5.91 Å². The number of nitrogens with zero attached hydrogens (tertiary/aromatic N) is 3. The van der Waals surface area contributed by atoms with Crippen molar-refractivity contribution in [1.82, 2.24) is 19.7 Å². The van der Waals surface area contributed by atoms with Crippen LogP contribution < -0.4 is 10.6 Å². The molecule has 28 heavy (non-hydrogen) atoms. The van der Waals surface area contributed by atoms with Gasteiger partial charge in [0.05, 0.1) is 12.7 Å². The van der Waals surface area contributed by atoms with Gasteiger partial charge in [0.25, 0.3) is 0 Å². The molecular weight excluding hydrogens is 370 g/mol. The molecule has 0 fully saturated rings. The van der Waals surface area contributed by atoms with Crippen molar-refractivity contribution in [3.63, 3.8) is 0 Å². The monoisotopic (exact) mass is 391 g/mol. The zero-order valence-corrected chi connectivity index (χ0v) is 16.4. The molecule has 1 amide bonds. The normalized spacial score (nSPS) is 10.9. The summed E-state index contributed by atoms with van der Waals surface area (Å²) in [5.41, 5.74) is 3.85. The SMILES string of the molecule is Cc1ccc(-c2nc3cnccn3c2NCCC(=O)NCc2cccs2)cc1. The fraction of sp³-hybridized carbons (Fsp3) is 0.190. The highest BCUT2D eigenvalue weighted by molar-refractivity contribution is 7.09. The van der Waals surface area contributed by atoms with Gasteiger partial charge in [0, 0.05) is 35.8 Å². The summed E-state index contributed by atoms with van der Waals surface area (Å²) in [6, 6.07) is 12.3. The van der Waals surface area contributed by atoms with E-state index in [0.717, 1.165) is 27.6 Å². The second-order valence-corrected chi connectivity index (χ2v) is 7.54. The Morgan fingerprint density at radius 3 is 2.86 bits per heavy atom. The minimum absolute atomic E-state index is 0.0215. The standard InChI is InChI=1S/C21H21N5OS/c1-15-4-6-16(7-5-15)20-21(26-11-10-22-14-18(26)25-20)23-9-8-19(27)24-13-17-3-2-12-28-17/h2-7,10-12,14,23H,8-9,13H2,1H3,(H,24,27). The number of benzene rings is 1. The molecule has 0 radical (unpaired) electrons. The predicted molar refractivity (Wildman–Crippen MR) is 112 cm³/mol. The topological polar surface area (TPSA) is 71.3 Å². The second kappa shape index (κ2) is 8.22. The second-order valence-electron chi connectivity index (χ2n) is 6.51. The lowest BCUT2D eigenvalue weighted by molar-refractivity contribution is -0.120. The number of hydrogen-bond donors (Lipinski definition) is 2. The van der Waals surface area contributed by atoms with Gasteiger partial charge in [-0.1, -0.05) is 35.9 Å². The van der Waals surface area contributed by atoms with Crippen LogP contribution >= 0.6 is 11.3 Å². The number of thiophene rings is 1. The van der Waals surface area contributed by atoms with E-state index in [4.69, 9.17) is 4.98 Å². The summed E-state index contributed by atoms with van der Waals surface area (Å²) in [6.07, 6.45) is 5.72. The third kappa shape index (κ3) is 4.04. The van der Waals surface area contributed by atoms with Crippen molar-refractivity contribution >= 4 is 28.7 Å². The van der Waals surface area contributed by atoms with Crippen LogP contribution in [0.15, 0.2) is 60.4 Å². The van der Waals surface area contributed by atoms with Gasteiger partial charge in [-0.3, -0.25) is 14.2 Å². The molecule has 0 bridgehead atoms. The Morgan fingerprint density at radius 2 is 2.07 bits per heavy atom. The molecule has 0 saturated heterocycles. The number of fused-ring (bicyclic) bond motifs is 1. The molecule has 4 aromatic rings. The predicted octanol–water partition coefficient (Wildman–Crippen LogP) is 3.88. The highest BCUT2D eigenvalue weighted by atomic mass is 32.1. The minimum atomic E-state index is 0.0215. The summed E-state index contributed by atoms with van der Waals surface area (Å²) in [6.45, 7) is 3.16. The Labute approximate surface area is 167 Å². The average Bonchev–Trinajstić information content (AvgIpc) is 3.35. The smallest absolute Gasteiger partial charge is 0.222 e. The third-order valence-electron chi connectivity index (χ3n) is 4.44. The quantitative estimate of drug-likeness (QED) is 0.501. The van der Waals surface area contributed by atoms with E-state index in [0.29, 0.717) is 19.5 Å². The number of carbonyl (C=O) groups is 1. The molecule has 0 unspecified atom stereocenters. The molecule has 6 nitrogen and oxygen atoms in total. The number of aryl methyl sites for hydroxylation is 1. The van der Waals surface area contributed by atoms with Crippen LogP contribution in [0.5, 0.6) is 0 Å². The zero-order valence-electron chi connectivity index (χ0n) is 15.6. The van der Waals surface area contributed by atoms with Crippen LogP contribution in [-0.4, -0.2) is 26.8 Å². The summed E-state index contributed by atoms with van der Waals surface area (Å²) < 4.78 is 1.96. The van der Waals surface area contributed by atoms with E-state index in [1.54, 1.807) is 23.7 Å². The molecule has 142 valence electrons. The van der Waals surface area contributed by atoms with Crippen molar-refractivity contribution in [2.45, 2.75) is 19.9 Å². The van der Waals surface area contributed by atoms with E-state index < -0.39 is 0 Å². The van der Waals surface area contributed by atoms with E-state index in [-0.39, 0.29) is 5.91 Å². The Hall–Kier alpha value is -3.19. The molecule has 0 aliphatic carbocycles. The van der Waals surface area contributed by atoms with E-state index >= 15 is 0 Å². The Kier molecular flexibility index (Phi) is 5.34. The average molecular weight is 392 g/mol. The molecule has 0 saturated carbocycles. The van der Waals surface area contributed by atoms with Crippen LogP contribution in [-0.2, 0) is 11.3 Å². The molecule has 2 N–H and O–H groups in total. The van der Waals surface area contributed by atoms with E-state index in [9.17, 15) is 4.79 Å². The first-order valence-electron chi connectivity index (χ1n) is 9.13. The summed E-state index contributed by atoms with van der Waals surface area (Å²) in [5, 5.41) is 8.35. The minimum Gasteiger partial charge on any atom is -0.369 e. The van der Waals surface area contributed by atoms with Crippen LogP contribution in [0.3, 0.4) is 0 Å². The largest absolute Gasteiger partial charge is 0.369 e. The summed E-state index contributed by atoms with van der Waals surface area (Å²) in [4.78, 5) is 22.2. The number of rotatable bonds is 7. The molecule has 1 aromatic carbocycles. The van der Waals surface area contributed by atoms with Crippen LogP contribution in [0.1, 0.15) is 16.9 Å². The highest BCUT2D eigenvalue weighted by Crippen LogP contribution is 2.28. The molecule has 7 heteroatoms. The van der Waals surface area contributed by atoms with Gasteiger partial charge < -0.3 is 10.6 Å². The van der Waals surface area contributed by atoms with Crippen LogP contribution in [0.25, 0.3) is 16.9 Å². The van der Waals surface area contributed by atoms with Crippen molar-refractivity contribution in [3.05, 3.63) is 70.8 Å². The Bertz CT molecular complexity index is 1070. The van der Waals surface area contributed by atoms with Gasteiger partial charge >= 0.3 is 0 Å². The Morgan fingerprint density at radius 1 is 1.21 bits per heavy atom. The molecule has 3 aromatic heterocycles. The molecule has 0 atom stereocenters. The molecule has 0 aliphatic rings. The van der Waals surface area contributed by atoms with Crippen molar-refractivity contribution in [1.29, 1.82) is 0 Å². The van der Waals surface area contributed by atoms with Crippen molar-refractivity contribution < 1.29 is 4.79 Å². The fourth-order valence-electron chi connectivity index (χ4n) is 2.97. The van der Waals surface area contributed by atoms with Crippen LogP contribution in [0, 0.1) is 6.92 Å². The highest BCUT2D eigenvalue weighted by Gasteiger charge is 2.14. The number of hydrogen-bond acceptors (Lipinski definition) is 5. The fourth-order valence-corrected chi connectivity index (χ4v) is 3.61. The zero-order chi connectivity index (χ0) is 19.3. The lowest BCUT2D eigenvalue weighted by atomic mass is 10.1. The first-order chi connectivity index (χ1) is 13.7. The number of nitrogens with one attached hydrogen (secondary N) is 2. The van der Waals surface area contributed by atoms with Crippen molar-refractivity contribution in [2.75, 3.05) is 11.9 Å². The number of imidazole rings is 1. The van der Waals surface area contributed by atoms with Crippen LogP contribution in [0.4, 0.5) is 5.82 Å². The van der Waals surface area contributed by atoms with Gasteiger partial charge in [0.15, 0.2) is 5.65 Å². The van der Waals surface area contributed by atoms with E-state index in [1.165, 1.54) is 5.56 Å². The third-order valence-corrected chi connectivity index (χ3v) is 5.32. The Balaban J connectivity index is 1.47. The van der Waals surface area contributed by atoms with Gasteiger partial charge in [0.1, 0.15) is 11.5 Å². The van der Waals surface area contributed by atoms with E-state index in [2.05, 4.69) is 46.8 Å². The lowest BCUT2D eigenvalue weighted by Crippen LogP contribution is -2.24.